The monoisotopic (exact) mass is 472 g/mol. The van der Waals surface area contributed by atoms with Crippen LogP contribution >= 0.6 is 0 Å². The first kappa shape index (κ1) is 19.9. The second-order valence-electron chi connectivity index (χ2n) is 11.4. The summed E-state index contributed by atoms with van der Waals surface area (Å²) in [7, 11) is 0. The summed E-state index contributed by atoms with van der Waals surface area (Å²) in [6, 6.07) is 30.5. The average Bonchev–Trinajstić information content (AvgIpc) is 3.37. The van der Waals surface area contributed by atoms with Crippen molar-refractivity contribution in [1.82, 2.24) is 9.13 Å². The number of nitrogens with zero attached hydrogens (tertiary/aromatic N) is 2. The summed E-state index contributed by atoms with van der Waals surface area (Å²) >= 11 is 0. The summed E-state index contributed by atoms with van der Waals surface area (Å²) < 4.78 is 5.09. The molecule has 0 atom stereocenters. The highest BCUT2D eigenvalue weighted by molar-refractivity contribution is 7.00. The molecule has 2 aliphatic heterocycles. The fraction of sp³-hybridized carbons (Fsp3) is 0.118. The van der Waals surface area contributed by atoms with Crippen molar-refractivity contribution in [1.29, 1.82) is 0 Å². The third kappa shape index (κ3) is 2.25. The van der Waals surface area contributed by atoms with Crippen LogP contribution in [0.15, 0.2) is 78.9 Å². The average molecular weight is 472 g/mol. The lowest BCUT2D eigenvalue weighted by Crippen LogP contribution is -2.59. The van der Waals surface area contributed by atoms with Gasteiger partial charge in [-0.05, 0) is 92.6 Å². The van der Waals surface area contributed by atoms with E-state index in [2.05, 4.69) is 116 Å². The van der Waals surface area contributed by atoms with Gasteiger partial charge in [-0.1, -0.05) is 52.6 Å². The van der Waals surface area contributed by atoms with Crippen LogP contribution in [0.3, 0.4) is 0 Å². The molecule has 174 valence electrons. The topological polar surface area (TPSA) is 9.86 Å². The number of fused-ring (bicyclic) bond motifs is 10. The largest absolute Gasteiger partial charge is 0.310 e. The van der Waals surface area contributed by atoms with Gasteiger partial charge in [-0.15, -0.1) is 0 Å². The summed E-state index contributed by atoms with van der Waals surface area (Å²) in [5.74, 6) is 0. The van der Waals surface area contributed by atoms with Gasteiger partial charge in [-0.2, -0.15) is 0 Å². The van der Waals surface area contributed by atoms with E-state index in [0.29, 0.717) is 0 Å². The standard InChI is InChI=1S/C34H25BN2/c1-18-8-10-28-22(12-18)24-14-20(3)16-26-33(24)36(28)30-6-5-7-31-32(30)35(26)27-17-21(4)15-25-23-13-19(2)9-11-29(23)37(31)34(25)27/h5-17H,1-4H3. The molecule has 0 radical (unpaired) electrons. The molecule has 4 heterocycles. The predicted octanol–water partition coefficient (Wildman–Crippen LogP) is 6.26. The van der Waals surface area contributed by atoms with Crippen LogP contribution < -0.4 is 16.4 Å². The molecule has 2 aliphatic rings. The predicted molar refractivity (Wildman–Crippen MR) is 159 cm³/mol. The summed E-state index contributed by atoms with van der Waals surface area (Å²) in [5.41, 5.74) is 17.5. The fourth-order valence-corrected chi connectivity index (χ4v) is 7.53. The molecule has 0 aliphatic carbocycles. The highest BCUT2D eigenvalue weighted by atomic mass is 15.0. The Balaban J connectivity index is 1.57. The van der Waals surface area contributed by atoms with E-state index in [9.17, 15) is 0 Å². The molecule has 9 rings (SSSR count). The van der Waals surface area contributed by atoms with E-state index < -0.39 is 0 Å². The van der Waals surface area contributed by atoms with Crippen LogP contribution in [0.4, 0.5) is 0 Å². The zero-order chi connectivity index (χ0) is 24.7. The third-order valence-electron chi connectivity index (χ3n) is 8.83. The number of hydrogen-bond donors (Lipinski definition) is 0. The number of rotatable bonds is 0. The summed E-state index contributed by atoms with van der Waals surface area (Å²) in [6.07, 6.45) is 0. The van der Waals surface area contributed by atoms with Gasteiger partial charge in [-0.3, -0.25) is 0 Å². The van der Waals surface area contributed by atoms with E-state index in [1.807, 2.05) is 0 Å². The lowest BCUT2D eigenvalue weighted by atomic mass is 9.34. The first-order chi connectivity index (χ1) is 18.0. The quantitative estimate of drug-likeness (QED) is 0.231. The number of aryl methyl sites for hydroxylation is 4. The van der Waals surface area contributed by atoms with Crippen LogP contribution in [0, 0.1) is 27.7 Å². The number of aromatic nitrogens is 2. The van der Waals surface area contributed by atoms with E-state index in [1.165, 1.54) is 93.6 Å². The van der Waals surface area contributed by atoms with Gasteiger partial charge in [0.2, 0.25) is 0 Å². The number of benzene rings is 5. The molecule has 3 heteroatoms. The van der Waals surface area contributed by atoms with E-state index in [0.717, 1.165) is 0 Å². The molecule has 0 unspecified atom stereocenters. The van der Waals surface area contributed by atoms with Crippen molar-refractivity contribution < 1.29 is 0 Å². The molecule has 2 nitrogen and oxygen atoms in total. The van der Waals surface area contributed by atoms with E-state index in [4.69, 9.17) is 0 Å². The Morgan fingerprint density at radius 2 is 0.946 bits per heavy atom. The van der Waals surface area contributed by atoms with Gasteiger partial charge < -0.3 is 9.13 Å². The minimum Gasteiger partial charge on any atom is -0.310 e. The van der Waals surface area contributed by atoms with Crippen LogP contribution in [0.25, 0.3) is 55.0 Å². The van der Waals surface area contributed by atoms with E-state index >= 15 is 0 Å². The smallest absolute Gasteiger partial charge is 0.252 e. The molecule has 0 fully saturated rings. The van der Waals surface area contributed by atoms with Gasteiger partial charge in [0, 0.05) is 44.0 Å². The molecular weight excluding hydrogens is 447 g/mol. The Kier molecular flexibility index (Phi) is 3.42. The van der Waals surface area contributed by atoms with Crippen LogP contribution in [0.1, 0.15) is 22.3 Å². The van der Waals surface area contributed by atoms with Crippen LogP contribution in [0.2, 0.25) is 0 Å². The SMILES string of the molecule is Cc1ccc2c(c1)c1cc(C)cc3c1n2-c1cccc2c1B3c1cc(C)cc3c4cc(C)ccc4n-2c13. The molecule has 0 amide bonds. The zero-order valence-corrected chi connectivity index (χ0v) is 21.5. The van der Waals surface area contributed by atoms with E-state index in [-0.39, 0.29) is 6.71 Å². The van der Waals surface area contributed by atoms with Crippen molar-refractivity contribution in [2.45, 2.75) is 27.7 Å². The molecule has 2 aromatic heterocycles. The molecule has 7 aromatic rings. The van der Waals surface area contributed by atoms with Gasteiger partial charge in [-0.25, -0.2) is 0 Å². The lowest BCUT2D eigenvalue weighted by molar-refractivity contribution is 1.14. The van der Waals surface area contributed by atoms with Gasteiger partial charge >= 0.3 is 0 Å². The summed E-state index contributed by atoms with van der Waals surface area (Å²) in [4.78, 5) is 0. The maximum Gasteiger partial charge on any atom is 0.252 e. The molecule has 0 spiro atoms. The maximum atomic E-state index is 2.54. The Morgan fingerprint density at radius 1 is 0.486 bits per heavy atom. The normalized spacial score (nSPS) is 13.4. The van der Waals surface area contributed by atoms with Gasteiger partial charge in [0.1, 0.15) is 0 Å². The van der Waals surface area contributed by atoms with Crippen LogP contribution in [-0.4, -0.2) is 15.8 Å². The highest BCUT2D eigenvalue weighted by Gasteiger charge is 2.40. The first-order valence-corrected chi connectivity index (χ1v) is 13.2. The van der Waals surface area contributed by atoms with Crippen LogP contribution in [0.5, 0.6) is 0 Å². The molecule has 37 heavy (non-hydrogen) atoms. The molecule has 5 aromatic carbocycles. The summed E-state index contributed by atoms with van der Waals surface area (Å²) in [5, 5.41) is 5.45. The van der Waals surface area contributed by atoms with Crippen molar-refractivity contribution in [3.05, 3.63) is 101 Å². The highest BCUT2D eigenvalue weighted by Crippen LogP contribution is 2.39. The van der Waals surface area contributed by atoms with Gasteiger partial charge in [0.05, 0.1) is 11.0 Å². The zero-order valence-electron chi connectivity index (χ0n) is 21.5. The minimum atomic E-state index is 0.215. The molecular formula is C34H25BN2. The Hall–Kier alpha value is -4.24. The van der Waals surface area contributed by atoms with Crippen LogP contribution in [-0.2, 0) is 0 Å². The van der Waals surface area contributed by atoms with Gasteiger partial charge in [0.15, 0.2) is 0 Å². The van der Waals surface area contributed by atoms with E-state index in [1.54, 1.807) is 0 Å². The Labute approximate surface area is 215 Å². The minimum absolute atomic E-state index is 0.215. The van der Waals surface area contributed by atoms with Crippen molar-refractivity contribution in [2.75, 3.05) is 0 Å². The molecule has 0 bridgehead atoms. The van der Waals surface area contributed by atoms with Crippen molar-refractivity contribution in [3.63, 3.8) is 0 Å². The second kappa shape index (κ2) is 6.36. The van der Waals surface area contributed by atoms with Crippen molar-refractivity contribution in [3.8, 4) is 11.4 Å². The Morgan fingerprint density at radius 3 is 1.43 bits per heavy atom. The maximum absolute atomic E-state index is 2.54. The first-order valence-electron chi connectivity index (χ1n) is 13.2. The van der Waals surface area contributed by atoms with Crippen molar-refractivity contribution >= 4 is 66.7 Å². The van der Waals surface area contributed by atoms with Crippen molar-refractivity contribution in [2.24, 2.45) is 0 Å². The molecule has 0 saturated carbocycles. The lowest BCUT2D eigenvalue weighted by Gasteiger charge is -2.33. The molecule has 0 N–H and O–H groups in total. The number of hydrogen-bond acceptors (Lipinski definition) is 0. The third-order valence-corrected chi connectivity index (χ3v) is 8.83. The summed E-state index contributed by atoms with van der Waals surface area (Å²) in [6.45, 7) is 9.12. The molecule has 0 saturated heterocycles. The second-order valence-corrected chi connectivity index (χ2v) is 11.4. The Bertz CT molecular complexity index is 2040. The van der Waals surface area contributed by atoms with Gasteiger partial charge in [0.25, 0.3) is 6.71 Å². The fourth-order valence-electron chi connectivity index (χ4n) is 7.53.